The molecule has 40 heavy (non-hydrogen) atoms. The molecule has 4 aromatic carbocycles. The second-order valence-corrected chi connectivity index (χ2v) is 15.6. The van der Waals surface area contributed by atoms with Gasteiger partial charge in [0.15, 0.2) is 16.8 Å². The van der Waals surface area contributed by atoms with E-state index in [-0.39, 0.29) is 5.41 Å². The predicted octanol–water partition coefficient (Wildman–Crippen LogP) is 7.73. The maximum atomic E-state index is 6.31. The van der Waals surface area contributed by atoms with E-state index >= 15 is 0 Å². The lowest BCUT2D eigenvalue weighted by Crippen LogP contribution is -2.29. The standard InChI is InChI=1S/C35H30N3OP/c1-35(2,3)22-13-16-31-29(19-22)38(23-9-6-5-7-10-23)28-12-8-11-24-26-20-39-30-15-14-25-33(32(26)30)40(31,21-27(24)28)37-18-17-36(4)34(25)37/h5-20H,21H2,1-4H3/q+2. The van der Waals surface area contributed by atoms with Crippen molar-refractivity contribution in [3.63, 3.8) is 0 Å². The Labute approximate surface area is 234 Å². The summed E-state index contributed by atoms with van der Waals surface area (Å²) in [5.41, 5.74) is 11.4. The first-order valence-corrected chi connectivity index (χ1v) is 15.9. The van der Waals surface area contributed by atoms with Crippen LogP contribution in [0.15, 0.2) is 102 Å². The number of rotatable bonds is 1. The molecule has 0 radical (unpaired) electrons. The third kappa shape index (κ3) is 2.59. The molecule has 5 heteroatoms. The van der Waals surface area contributed by atoms with Crippen LogP contribution in [0.2, 0.25) is 0 Å². The fraction of sp³-hybridized carbons (Fsp3) is 0.171. The number of furan rings is 1. The third-order valence-electron chi connectivity index (χ3n) is 9.24. The smallest absolute Gasteiger partial charge is 0.329 e. The molecule has 3 aliphatic heterocycles. The zero-order valence-corrected chi connectivity index (χ0v) is 24.0. The van der Waals surface area contributed by atoms with Crippen LogP contribution in [-0.4, -0.2) is 4.34 Å². The lowest BCUT2D eigenvalue weighted by molar-refractivity contribution is -0.659. The minimum Gasteiger partial charge on any atom is -0.464 e. The molecule has 6 aromatic rings. The quantitative estimate of drug-likeness (QED) is 0.158. The van der Waals surface area contributed by atoms with Gasteiger partial charge in [-0.15, -0.1) is 0 Å². The van der Waals surface area contributed by atoms with Crippen molar-refractivity contribution < 1.29 is 8.98 Å². The molecule has 2 bridgehead atoms. The van der Waals surface area contributed by atoms with Gasteiger partial charge in [0.05, 0.1) is 30.1 Å². The molecule has 1 unspecified atom stereocenters. The Hall–Kier alpha value is -4.14. The fourth-order valence-electron chi connectivity index (χ4n) is 7.41. The number of imidazole rings is 1. The highest BCUT2D eigenvalue weighted by atomic mass is 31.2. The van der Waals surface area contributed by atoms with Crippen molar-refractivity contribution in [3.8, 4) is 22.5 Å². The van der Waals surface area contributed by atoms with Crippen molar-refractivity contribution in [2.24, 2.45) is 7.05 Å². The molecule has 2 aromatic heterocycles. The van der Waals surface area contributed by atoms with Gasteiger partial charge in [0.2, 0.25) is 0 Å². The molecule has 0 fully saturated rings. The largest absolute Gasteiger partial charge is 0.464 e. The molecule has 0 amide bonds. The van der Waals surface area contributed by atoms with Crippen molar-refractivity contribution >= 4 is 46.1 Å². The van der Waals surface area contributed by atoms with Crippen molar-refractivity contribution in [3.05, 3.63) is 109 Å². The van der Waals surface area contributed by atoms with E-state index in [1.807, 2.05) is 6.26 Å². The molecule has 0 N–H and O–H groups in total. The molecule has 3 aliphatic rings. The van der Waals surface area contributed by atoms with Crippen LogP contribution in [0.25, 0.3) is 33.5 Å². The molecular weight excluding hydrogens is 509 g/mol. The number of aromatic nitrogens is 2. The number of para-hydroxylation sites is 1. The first-order valence-electron chi connectivity index (χ1n) is 14.0. The Morgan fingerprint density at radius 2 is 1.70 bits per heavy atom. The minimum absolute atomic E-state index is 0.0284. The molecule has 0 saturated carbocycles. The topological polar surface area (TPSA) is 25.2 Å². The fourth-order valence-corrected chi connectivity index (χ4v) is 12.3. The zero-order chi connectivity index (χ0) is 27.0. The van der Waals surface area contributed by atoms with Crippen LogP contribution in [0.3, 0.4) is 0 Å². The number of nitrogens with zero attached hydrogens (tertiary/aromatic N) is 3. The Kier molecular flexibility index (Phi) is 4.15. The van der Waals surface area contributed by atoms with E-state index in [1.54, 1.807) is 0 Å². The lowest BCUT2D eigenvalue weighted by Gasteiger charge is -2.29. The Balaban J connectivity index is 1.54. The molecule has 1 spiro atoms. The normalized spacial score (nSPS) is 17.9. The van der Waals surface area contributed by atoms with Gasteiger partial charge < -0.3 is 9.32 Å². The Morgan fingerprint density at radius 3 is 2.52 bits per heavy atom. The number of fused-ring (bicyclic) bond motifs is 4. The van der Waals surface area contributed by atoms with Crippen LogP contribution < -0.4 is 20.1 Å². The zero-order valence-electron chi connectivity index (χ0n) is 23.1. The van der Waals surface area contributed by atoms with Crippen molar-refractivity contribution in [1.82, 2.24) is 4.34 Å². The van der Waals surface area contributed by atoms with E-state index in [0.717, 1.165) is 11.7 Å². The molecule has 194 valence electrons. The van der Waals surface area contributed by atoms with Crippen LogP contribution in [0, 0.1) is 0 Å². The molecule has 0 saturated heterocycles. The van der Waals surface area contributed by atoms with Gasteiger partial charge >= 0.3 is 5.82 Å². The number of aryl methyl sites for hydroxylation is 1. The molecule has 5 heterocycles. The summed E-state index contributed by atoms with van der Waals surface area (Å²) in [6.07, 6.45) is 7.54. The second kappa shape index (κ2) is 7.33. The summed E-state index contributed by atoms with van der Waals surface area (Å²) >= 11 is 0. The van der Waals surface area contributed by atoms with E-state index in [4.69, 9.17) is 4.42 Å². The highest BCUT2D eigenvalue weighted by Gasteiger charge is 2.65. The Bertz CT molecular complexity index is 2050. The van der Waals surface area contributed by atoms with Crippen LogP contribution in [0.1, 0.15) is 31.9 Å². The van der Waals surface area contributed by atoms with Crippen LogP contribution in [0.5, 0.6) is 0 Å². The number of anilines is 3. The maximum absolute atomic E-state index is 6.31. The highest BCUT2D eigenvalue weighted by Crippen LogP contribution is 2.72. The first-order chi connectivity index (χ1) is 19.4. The molecule has 9 rings (SSSR count). The average molecular weight is 540 g/mol. The van der Waals surface area contributed by atoms with E-state index in [9.17, 15) is 0 Å². The van der Waals surface area contributed by atoms with E-state index in [2.05, 4.69) is 133 Å². The summed E-state index contributed by atoms with van der Waals surface area (Å²) in [6.45, 7) is 6.94. The number of benzene rings is 4. The summed E-state index contributed by atoms with van der Waals surface area (Å²) in [6, 6.07) is 29.6. The second-order valence-electron chi connectivity index (χ2n) is 12.4. The summed E-state index contributed by atoms with van der Waals surface area (Å²) in [7, 11) is 0.00908. The molecular formula is C35H30N3OP+2. The van der Waals surface area contributed by atoms with Gasteiger partial charge in [0.25, 0.3) is 7.41 Å². The van der Waals surface area contributed by atoms with Gasteiger partial charge in [-0.1, -0.05) is 61.5 Å². The van der Waals surface area contributed by atoms with Crippen LogP contribution in [0.4, 0.5) is 17.1 Å². The Morgan fingerprint density at radius 1 is 0.850 bits per heavy atom. The maximum Gasteiger partial charge on any atom is 0.329 e. The molecule has 0 aliphatic carbocycles. The van der Waals surface area contributed by atoms with Crippen LogP contribution >= 0.6 is 7.41 Å². The highest BCUT2D eigenvalue weighted by molar-refractivity contribution is 7.89. The monoisotopic (exact) mass is 539 g/mol. The molecule has 4 nitrogen and oxygen atoms in total. The van der Waals surface area contributed by atoms with Gasteiger partial charge in [0.1, 0.15) is 23.5 Å². The lowest BCUT2D eigenvalue weighted by atomic mass is 9.86. The number of hydrogen-bond acceptors (Lipinski definition) is 2. The van der Waals surface area contributed by atoms with E-state index < -0.39 is 7.41 Å². The summed E-state index contributed by atoms with van der Waals surface area (Å²) in [5.74, 6) is 1.29. The van der Waals surface area contributed by atoms with E-state index in [0.29, 0.717) is 0 Å². The van der Waals surface area contributed by atoms with Gasteiger partial charge in [-0.05, 0) is 59.0 Å². The van der Waals surface area contributed by atoms with E-state index in [1.165, 1.54) is 66.7 Å². The number of hydrogen-bond donors (Lipinski definition) is 0. The van der Waals surface area contributed by atoms with Gasteiger partial charge in [0, 0.05) is 16.8 Å². The SMILES string of the molecule is C[n+]1ccn2c1-c1ccc3occ4c3c1[P+]21Cc2c-4cccc2N(c2ccccc2)c2cc(C(C)(C)C)ccc21. The van der Waals surface area contributed by atoms with Crippen molar-refractivity contribution in [2.75, 3.05) is 4.90 Å². The van der Waals surface area contributed by atoms with Gasteiger partial charge in [-0.25, -0.2) is 4.57 Å². The first kappa shape index (κ1) is 22.7. The van der Waals surface area contributed by atoms with Gasteiger partial charge in [-0.3, -0.25) is 0 Å². The summed E-state index contributed by atoms with van der Waals surface area (Å²) < 4.78 is 11.3. The van der Waals surface area contributed by atoms with Gasteiger partial charge in [-0.2, -0.15) is 0 Å². The van der Waals surface area contributed by atoms with Crippen molar-refractivity contribution in [2.45, 2.75) is 32.3 Å². The summed E-state index contributed by atoms with van der Waals surface area (Å²) in [4.78, 5) is 2.53. The van der Waals surface area contributed by atoms with Crippen LogP contribution in [-0.2, 0) is 18.6 Å². The summed E-state index contributed by atoms with van der Waals surface area (Å²) in [5, 5.41) is 4.20. The predicted molar refractivity (Wildman–Crippen MR) is 165 cm³/mol. The van der Waals surface area contributed by atoms with Crippen molar-refractivity contribution in [1.29, 1.82) is 0 Å². The third-order valence-corrected chi connectivity index (χ3v) is 13.5. The minimum atomic E-state index is -2.17. The molecule has 1 atom stereocenters. The average Bonchev–Trinajstić information content (AvgIpc) is 3.57.